The van der Waals surface area contributed by atoms with Gasteiger partial charge in [0.25, 0.3) is 0 Å². The SMILES string of the molecule is CCC(C)NC(=O)C1(C)Cc2ccccc2C(c2ccccc2Cl)=N1. The molecular formula is C21H23ClN2O. The summed E-state index contributed by atoms with van der Waals surface area (Å²) in [5, 5.41) is 3.72. The van der Waals surface area contributed by atoms with Gasteiger partial charge in [-0.25, -0.2) is 0 Å². The highest BCUT2D eigenvalue weighted by Crippen LogP contribution is 2.32. The second kappa shape index (κ2) is 7.01. The van der Waals surface area contributed by atoms with E-state index in [4.69, 9.17) is 16.6 Å². The Morgan fingerprint density at radius 1 is 1.20 bits per heavy atom. The average Bonchev–Trinajstić information content (AvgIpc) is 2.61. The first-order valence-electron chi connectivity index (χ1n) is 8.68. The van der Waals surface area contributed by atoms with Crippen molar-refractivity contribution in [2.45, 2.75) is 45.2 Å². The maximum Gasteiger partial charge on any atom is 0.248 e. The molecule has 0 radical (unpaired) electrons. The maximum absolute atomic E-state index is 12.9. The number of hydrogen-bond donors (Lipinski definition) is 1. The first kappa shape index (κ1) is 17.7. The van der Waals surface area contributed by atoms with Crippen LogP contribution in [-0.4, -0.2) is 23.2 Å². The number of amides is 1. The summed E-state index contributed by atoms with van der Waals surface area (Å²) in [6.07, 6.45) is 1.47. The number of hydrogen-bond acceptors (Lipinski definition) is 2. The smallest absolute Gasteiger partial charge is 0.248 e. The van der Waals surface area contributed by atoms with Crippen LogP contribution in [-0.2, 0) is 11.2 Å². The Labute approximate surface area is 154 Å². The van der Waals surface area contributed by atoms with Crippen molar-refractivity contribution in [3.8, 4) is 0 Å². The molecule has 1 N–H and O–H groups in total. The summed E-state index contributed by atoms with van der Waals surface area (Å²) in [6.45, 7) is 5.97. The van der Waals surface area contributed by atoms with Gasteiger partial charge < -0.3 is 5.32 Å². The number of benzene rings is 2. The Morgan fingerprint density at radius 3 is 2.52 bits per heavy atom. The summed E-state index contributed by atoms with van der Waals surface area (Å²) >= 11 is 6.42. The van der Waals surface area contributed by atoms with E-state index in [-0.39, 0.29) is 11.9 Å². The largest absolute Gasteiger partial charge is 0.352 e. The van der Waals surface area contributed by atoms with E-state index < -0.39 is 5.54 Å². The Hall–Kier alpha value is -2.13. The number of rotatable bonds is 4. The Bertz CT molecular complexity index is 830. The van der Waals surface area contributed by atoms with E-state index in [2.05, 4.69) is 18.3 Å². The van der Waals surface area contributed by atoms with E-state index in [1.165, 1.54) is 0 Å². The van der Waals surface area contributed by atoms with Crippen LogP contribution in [0.15, 0.2) is 53.5 Å². The minimum atomic E-state index is -0.841. The molecule has 0 aliphatic carbocycles. The van der Waals surface area contributed by atoms with Crippen molar-refractivity contribution in [2.24, 2.45) is 4.99 Å². The highest BCUT2D eigenvalue weighted by Gasteiger charge is 2.38. The maximum atomic E-state index is 12.9. The van der Waals surface area contributed by atoms with Crippen molar-refractivity contribution in [1.29, 1.82) is 0 Å². The van der Waals surface area contributed by atoms with E-state index in [0.29, 0.717) is 11.4 Å². The quantitative estimate of drug-likeness (QED) is 0.868. The predicted octanol–water partition coefficient (Wildman–Crippen LogP) is 4.41. The normalized spacial score (nSPS) is 20.4. The van der Waals surface area contributed by atoms with E-state index >= 15 is 0 Å². The second-order valence-electron chi connectivity index (χ2n) is 6.83. The summed E-state index contributed by atoms with van der Waals surface area (Å²) < 4.78 is 0. The third-order valence-corrected chi connectivity index (χ3v) is 5.10. The van der Waals surface area contributed by atoms with Crippen LogP contribution in [0, 0.1) is 0 Å². The van der Waals surface area contributed by atoms with Gasteiger partial charge in [0.05, 0.1) is 5.71 Å². The zero-order valence-corrected chi connectivity index (χ0v) is 15.6. The summed E-state index contributed by atoms with van der Waals surface area (Å²) in [6, 6.07) is 15.9. The monoisotopic (exact) mass is 354 g/mol. The molecule has 1 aliphatic heterocycles. The van der Waals surface area contributed by atoms with Crippen LogP contribution < -0.4 is 5.32 Å². The molecule has 0 aromatic heterocycles. The number of aliphatic imine (C=N–C) groups is 1. The van der Waals surface area contributed by atoms with Crippen LogP contribution >= 0.6 is 11.6 Å². The molecular weight excluding hydrogens is 332 g/mol. The summed E-state index contributed by atoms with van der Waals surface area (Å²) in [7, 11) is 0. The second-order valence-corrected chi connectivity index (χ2v) is 7.24. The van der Waals surface area contributed by atoms with Gasteiger partial charge in [0.15, 0.2) is 0 Å². The Morgan fingerprint density at radius 2 is 1.84 bits per heavy atom. The van der Waals surface area contributed by atoms with Crippen LogP contribution in [0.1, 0.15) is 43.9 Å². The fourth-order valence-electron chi connectivity index (χ4n) is 3.09. The molecule has 4 heteroatoms. The van der Waals surface area contributed by atoms with Gasteiger partial charge in [0.1, 0.15) is 5.54 Å². The molecule has 0 fully saturated rings. The molecule has 2 aromatic carbocycles. The van der Waals surface area contributed by atoms with Crippen LogP contribution in [0.5, 0.6) is 0 Å². The first-order chi connectivity index (χ1) is 11.9. The van der Waals surface area contributed by atoms with Crippen molar-refractivity contribution in [2.75, 3.05) is 0 Å². The van der Waals surface area contributed by atoms with Gasteiger partial charge in [-0.15, -0.1) is 0 Å². The lowest BCUT2D eigenvalue weighted by Gasteiger charge is -2.32. The van der Waals surface area contributed by atoms with Crippen molar-refractivity contribution >= 4 is 23.2 Å². The lowest BCUT2D eigenvalue weighted by atomic mass is 9.83. The molecule has 0 saturated carbocycles. The van der Waals surface area contributed by atoms with E-state index in [0.717, 1.165) is 28.8 Å². The predicted molar refractivity (Wildman–Crippen MR) is 104 cm³/mol. The molecule has 130 valence electrons. The van der Waals surface area contributed by atoms with Gasteiger partial charge in [-0.05, 0) is 31.9 Å². The van der Waals surface area contributed by atoms with Crippen molar-refractivity contribution in [1.82, 2.24) is 5.32 Å². The number of halogens is 1. The van der Waals surface area contributed by atoms with Crippen molar-refractivity contribution in [3.05, 3.63) is 70.2 Å². The average molecular weight is 355 g/mol. The zero-order valence-electron chi connectivity index (χ0n) is 14.8. The van der Waals surface area contributed by atoms with Gasteiger partial charge in [0, 0.05) is 28.6 Å². The van der Waals surface area contributed by atoms with Crippen LogP contribution in [0.25, 0.3) is 0 Å². The molecule has 0 saturated heterocycles. The van der Waals surface area contributed by atoms with Crippen LogP contribution in [0.2, 0.25) is 5.02 Å². The lowest BCUT2D eigenvalue weighted by molar-refractivity contribution is -0.126. The topological polar surface area (TPSA) is 41.5 Å². The first-order valence-corrected chi connectivity index (χ1v) is 9.06. The van der Waals surface area contributed by atoms with Gasteiger partial charge in [-0.1, -0.05) is 61.0 Å². The van der Waals surface area contributed by atoms with Gasteiger partial charge >= 0.3 is 0 Å². The van der Waals surface area contributed by atoms with E-state index in [1.54, 1.807) is 0 Å². The summed E-state index contributed by atoms with van der Waals surface area (Å²) in [5.41, 5.74) is 2.97. The molecule has 0 spiro atoms. The summed E-state index contributed by atoms with van der Waals surface area (Å²) in [5.74, 6) is -0.0408. The van der Waals surface area contributed by atoms with Gasteiger partial charge in [0.2, 0.25) is 5.91 Å². The Kier molecular flexibility index (Phi) is 4.96. The number of carbonyl (C=O) groups is 1. The minimum Gasteiger partial charge on any atom is -0.352 e. The number of nitrogens with one attached hydrogen (secondary N) is 1. The van der Waals surface area contributed by atoms with Crippen molar-refractivity contribution < 1.29 is 4.79 Å². The number of nitrogens with zero attached hydrogens (tertiary/aromatic N) is 1. The number of carbonyl (C=O) groups excluding carboxylic acids is 1. The molecule has 2 aromatic rings. The van der Waals surface area contributed by atoms with E-state index in [1.807, 2.05) is 56.3 Å². The molecule has 3 rings (SSSR count). The summed E-state index contributed by atoms with van der Waals surface area (Å²) in [4.78, 5) is 17.8. The standard InChI is InChI=1S/C21H23ClN2O/c1-4-14(2)23-20(25)21(3)13-15-9-5-6-10-16(15)19(24-21)17-11-7-8-12-18(17)22/h5-12,14H,4,13H2,1-3H3,(H,23,25). The van der Waals surface area contributed by atoms with Gasteiger partial charge in [-0.3, -0.25) is 9.79 Å². The molecule has 2 unspecified atom stereocenters. The molecule has 1 heterocycles. The Balaban J connectivity index is 2.11. The van der Waals surface area contributed by atoms with E-state index in [9.17, 15) is 4.79 Å². The molecule has 1 amide bonds. The highest BCUT2D eigenvalue weighted by molar-refractivity contribution is 6.35. The van der Waals surface area contributed by atoms with Crippen LogP contribution in [0.4, 0.5) is 0 Å². The third-order valence-electron chi connectivity index (χ3n) is 4.77. The van der Waals surface area contributed by atoms with Gasteiger partial charge in [-0.2, -0.15) is 0 Å². The lowest BCUT2D eigenvalue weighted by Crippen LogP contribution is -2.49. The fraction of sp³-hybridized carbons (Fsp3) is 0.333. The molecule has 0 bridgehead atoms. The third kappa shape index (κ3) is 3.47. The van der Waals surface area contributed by atoms with Crippen molar-refractivity contribution in [3.63, 3.8) is 0 Å². The molecule has 2 atom stereocenters. The zero-order chi connectivity index (χ0) is 18.0. The highest BCUT2D eigenvalue weighted by atomic mass is 35.5. The van der Waals surface area contributed by atoms with Crippen LogP contribution in [0.3, 0.4) is 0 Å². The minimum absolute atomic E-state index is 0.0408. The number of fused-ring (bicyclic) bond motifs is 1. The molecule has 3 nitrogen and oxygen atoms in total. The fourth-order valence-corrected chi connectivity index (χ4v) is 3.32. The molecule has 1 aliphatic rings. The molecule has 25 heavy (non-hydrogen) atoms.